The molecule has 0 amide bonds. The molecule has 0 bridgehead atoms. The number of Topliss-reactive ketones (excluding diaryl/α,β-unsaturated/α-hetero) is 1. The minimum atomic E-state index is -0.266. The monoisotopic (exact) mass is 210 g/mol. The first-order valence-corrected chi connectivity index (χ1v) is 5.57. The molecule has 0 spiro atoms. The van der Waals surface area contributed by atoms with Crippen molar-refractivity contribution in [2.24, 2.45) is 5.92 Å². The van der Waals surface area contributed by atoms with E-state index >= 15 is 0 Å². The maximum atomic E-state index is 11.7. The summed E-state index contributed by atoms with van der Waals surface area (Å²) >= 11 is 0. The highest BCUT2D eigenvalue weighted by molar-refractivity contribution is 5.85. The third kappa shape index (κ3) is 4.28. The molecule has 0 aliphatic heterocycles. The quantitative estimate of drug-likeness (QED) is 0.516. The Morgan fingerprint density at radius 1 is 1.33 bits per heavy atom. The fourth-order valence-corrected chi connectivity index (χ4v) is 1.75. The zero-order valence-corrected chi connectivity index (χ0v) is 9.20. The summed E-state index contributed by atoms with van der Waals surface area (Å²) in [6.45, 7) is 2.16. The molecule has 0 radical (unpaired) electrons. The van der Waals surface area contributed by atoms with Gasteiger partial charge in [-0.05, 0) is 26.2 Å². The van der Waals surface area contributed by atoms with Crippen molar-refractivity contribution >= 4 is 11.8 Å². The molecular weight excluding hydrogens is 192 g/mol. The molecule has 1 aliphatic rings. The van der Waals surface area contributed by atoms with Gasteiger partial charge in [0.05, 0.1) is 13.0 Å². The molecule has 0 fully saturated rings. The molecule has 0 aromatic rings. The molecule has 0 aromatic heterocycles. The Kier molecular flexibility index (Phi) is 5.08. The Morgan fingerprint density at radius 2 is 2.13 bits per heavy atom. The molecule has 0 N–H and O–H groups in total. The number of esters is 1. The van der Waals surface area contributed by atoms with Crippen LogP contribution in [-0.2, 0) is 14.3 Å². The first-order valence-electron chi connectivity index (χ1n) is 5.57. The highest BCUT2D eigenvalue weighted by atomic mass is 16.5. The third-order valence-corrected chi connectivity index (χ3v) is 2.61. The Hall–Kier alpha value is -1.12. The summed E-state index contributed by atoms with van der Waals surface area (Å²) < 4.78 is 4.77. The molecule has 0 heterocycles. The maximum Gasteiger partial charge on any atom is 0.306 e. The third-order valence-electron chi connectivity index (χ3n) is 2.61. The largest absolute Gasteiger partial charge is 0.466 e. The number of hydrogen-bond acceptors (Lipinski definition) is 3. The summed E-state index contributed by atoms with van der Waals surface area (Å²) in [6.07, 6.45) is 7.46. The number of hydrogen-bond donors (Lipinski definition) is 0. The smallest absolute Gasteiger partial charge is 0.306 e. The Labute approximate surface area is 90.5 Å². The molecule has 15 heavy (non-hydrogen) atoms. The minimum absolute atomic E-state index is 0.129. The van der Waals surface area contributed by atoms with Gasteiger partial charge < -0.3 is 4.74 Å². The van der Waals surface area contributed by atoms with Crippen LogP contribution in [0.5, 0.6) is 0 Å². The van der Waals surface area contributed by atoms with Gasteiger partial charge in [-0.3, -0.25) is 9.59 Å². The van der Waals surface area contributed by atoms with Crippen molar-refractivity contribution in [3.63, 3.8) is 0 Å². The van der Waals surface area contributed by atoms with Crippen LogP contribution in [0.25, 0.3) is 0 Å². The summed E-state index contributed by atoms with van der Waals surface area (Å²) in [5.41, 5.74) is 0. The van der Waals surface area contributed by atoms with Gasteiger partial charge in [0.1, 0.15) is 5.78 Å². The molecule has 1 unspecified atom stereocenters. The van der Waals surface area contributed by atoms with Gasteiger partial charge in [-0.15, -0.1) is 0 Å². The second kappa shape index (κ2) is 6.38. The molecule has 1 aliphatic carbocycles. The van der Waals surface area contributed by atoms with Crippen LogP contribution in [0.1, 0.15) is 39.0 Å². The zero-order chi connectivity index (χ0) is 11.1. The van der Waals surface area contributed by atoms with Crippen molar-refractivity contribution in [1.29, 1.82) is 0 Å². The van der Waals surface area contributed by atoms with Gasteiger partial charge >= 0.3 is 5.97 Å². The van der Waals surface area contributed by atoms with Gasteiger partial charge in [0.15, 0.2) is 0 Å². The standard InChI is InChI=1S/C12H18O3/c1-2-15-12(14)9-8-11(13)10-6-4-3-5-7-10/h3-4,10H,2,5-9H2,1H3. The summed E-state index contributed by atoms with van der Waals surface area (Å²) in [5.74, 6) is 0.0639. The lowest BCUT2D eigenvalue weighted by Crippen LogP contribution is -2.17. The summed E-state index contributed by atoms with van der Waals surface area (Å²) in [4.78, 5) is 22.7. The molecule has 1 rings (SSSR count). The van der Waals surface area contributed by atoms with E-state index in [0.29, 0.717) is 13.0 Å². The van der Waals surface area contributed by atoms with Crippen LogP contribution < -0.4 is 0 Å². The van der Waals surface area contributed by atoms with E-state index in [1.807, 2.05) is 0 Å². The van der Waals surface area contributed by atoms with E-state index in [1.54, 1.807) is 6.92 Å². The first kappa shape index (κ1) is 12.0. The van der Waals surface area contributed by atoms with Crippen molar-refractivity contribution in [2.75, 3.05) is 6.61 Å². The van der Waals surface area contributed by atoms with E-state index in [1.165, 1.54) is 0 Å². The fourth-order valence-electron chi connectivity index (χ4n) is 1.75. The molecule has 1 atom stereocenters. The zero-order valence-electron chi connectivity index (χ0n) is 9.20. The predicted octanol–water partition coefficient (Wildman–Crippen LogP) is 2.26. The molecule has 3 nitrogen and oxygen atoms in total. The van der Waals surface area contributed by atoms with Gasteiger partial charge in [0.2, 0.25) is 0 Å². The Balaban J connectivity index is 2.23. The van der Waals surface area contributed by atoms with Crippen LogP contribution in [0.3, 0.4) is 0 Å². The molecular formula is C12H18O3. The van der Waals surface area contributed by atoms with Crippen LogP contribution in [-0.4, -0.2) is 18.4 Å². The number of carbonyl (C=O) groups excluding carboxylic acids is 2. The van der Waals surface area contributed by atoms with Crippen LogP contribution >= 0.6 is 0 Å². The van der Waals surface area contributed by atoms with Gasteiger partial charge in [-0.2, -0.15) is 0 Å². The molecule has 0 aromatic carbocycles. The first-order chi connectivity index (χ1) is 7.24. The second-order valence-corrected chi connectivity index (χ2v) is 3.75. The van der Waals surface area contributed by atoms with E-state index in [4.69, 9.17) is 4.74 Å². The van der Waals surface area contributed by atoms with Crippen molar-refractivity contribution < 1.29 is 14.3 Å². The van der Waals surface area contributed by atoms with Crippen LogP contribution in [0.2, 0.25) is 0 Å². The lowest BCUT2D eigenvalue weighted by molar-refractivity contribution is -0.144. The van der Waals surface area contributed by atoms with Crippen molar-refractivity contribution in [2.45, 2.75) is 39.0 Å². The summed E-state index contributed by atoms with van der Waals surface area (Å²) in [5, 5.41) is 0. The lowest BCUT2D eigenvalue weighted by atomic mass is 9.89. The normalized spacial score (nSPS) is 19.9. The SMILES string of the molecule is CCOC(=O)CCC(=O)C1CC=CCC1. The summed E-state index contributed by atoms with van der Waals surface area (Å²) in [6, 6.07) is 0. The van der Waals surface area contributed by atoms with E-state index in [2.05, 4.69) is 12.2 Å². The Bertz CT molecular complexity index is 256. The number of ketones is 1. The lowest BCUT2D eigenvalue weighted by Gasteiger charge is -2.15. The predicted molar refractivity (Wildman–Crippen MR) is 57.4 cm³/mol. The number of carbonyl (C=O) groups is 2. The van der Waals surface area contributed by atoms with Crippen molar-refractivity contribution in [3.05, 3.63) is 12.2 Å². The van der Waals surface area contributed by atoms with Crippen LogP contribution in [0.4, 0.5) is 0 Å². The second-order valence-electron chi connectivity index (χ2n) is 3.75. The van der Waals surface area contributed by atoms with Crippen LogP contribution in [0, 0.1) is 5.92 Å². The van der Waals surface area contributed by atoms with E-state index in [-0.39, 0.29) is 24.1 Å². The highest BCUT2D eigenvalue weighted by Gasteiger charge is 2.19. The van der Waals surface area contributed by atoms with E-state index in [9.17, 15) is 9.59 Å². The van der Waals surface area contributed by atoms with E-state index < -0.39 is 0 Å². The van der Waals surface area contributed by atoms with Gasteiger partial charge in [-0.1, -0.05) is 12.2 Å². The highest BCUT2D eigenvalue weighted by Crippen LogP contribution is 2.20. The number of rotatable bonds is 5. The molecule has 0 saturated heterocycles. The number of ether oxygens (including phenoxy) is 1. The topological polar surface area (TPSA) is 43.4 Å². The Morgan fingerprint density at radius 3 is 2.73 bits per heavy atom. The average molecular weight is 210 g/mol. The minimum Gasteiger partial charge on any atom is -0.466 e. The molecule has 84 valence electrons. The average Bonchev–Trinajstić information content (AvgIpc) is 2.27. The molecule has 3 heteroatoms. The van der Waals surface area contributed by atoms with Crippen molar-refractivity contribution in [1.82, 2.24) is 0 Å². The fraction of sp³-hybridized carbons (Fsp3) is 0.667. The van der Waals surface area contributed by atoms with Gasteiger partial charge in [0, 0.05) is 12.3 Å². The summed E-state index contributed by atoms with van der Waals surface area (Å²) in [7, 11) is 0. The van der Waals surface area contributed by atoms with Gasteiger partial charge in [-0.25, -0.2) is 0 Å². The van der Waals surface area contributed by atoms with Crippen molar-refractivity contribution in [3.8, 4) is 0 Å². The molecule has 0 saturated carbocycles. The number of allylic oxidation sites excluding steroid dienone is 2. The van der Waals surface area contributed by atoms with Gasteiger partial charge in [0.25, 0.3) is 0 Å². The van der Waals surface area contributed by atoms with Crippen LogP contribution in [0.15, 0.2) is 12.2 Å². The van der Waals surface area contributed by atoms with E-state index in [0.717, 1.165) is 19.3 Å². The maximum absolute atomic E-state index is 11.7.